The molecule has 166 valence electrons. The average molecular weight is 441 g/mol. The number of nitro benzene ring substituents is 1. The second-order valence-corrected chi connectivity index (χ2v) is 6.59. The Balaban J connectivity index is 2.01. The van der Waals surface area contributed by atoms with Gasteiger partial charge in [-0.3, -0.25) is 25.1 Å². The Morgan fingerprint density at radius 2 is 1.88 bits per heavy atom. The van der Waals surface area contributed by atoms with Crippen LogP contribution in [0.15, 0.2) is 48.0 Å². The third-order valence-corrected chi connectivity index (χ3v) is 4.52. The molecule has 2 aromatic rings. The van der Waals surface area contributed by atoms with Crippen molar-refractivity contribution in [3.8, 4) is 11.5 Å². The first-order valence-electron chi connectivity index (χ1n) is 9.30. The maximum Gasteiger partial charge on any atom is 0.346 e. The fourth-order valence-electron chi connectivity index (χ4n) is 2.97. The Kier molecular flexibility index (Phi) is 6.38. The van der Waals surface area contributed by atoms with Crippen LogP contribution in [0, 0.1) is 10.1 Å². The maximum absolute atomic E-state index is 12.7. The zero-order chi connectivity index (χ0) is 23.4. The van der Waals surface area contributed by atoms with Gasteiger partial charge in [0.25, 0.3) is 11.8 Å². The van der Waals surface area contributed by atoms with Gasteiger partial charge in [-0.15, -0.1) is 0 Å². The van der Waals surface area contributed by atoms with Crippen LogP contribution in [0.5, 0.6) is 11.5 Å². The second kappa shape index (κ2) is 9.16. The molecular weight excluding hydrogens is 422 g/mol. The predicted molar refractivity (Wildman–Crippen MR) is 112 cm³/mol. The van der Waals surface area contributed by atoms with Gasteiger partial charge >= 0.3 is 11.7 Å². The van der Waals surface area contributed by atoms with Crippen LogP contribution < -0.4 is 19.9 Å². The fraction of sp³-hybridized carbons (Fsp3) is 0.190. The number of hydrogen-bond acceptors (Lipinski definition) is 8. The molecule has 11 nitrogen and oxygen atoms in total. The van der Waals surface area contributed by atoms with Crippen molar-refractivity contribution in [2.24, 2.45) is 0 Å². The van der Waals surface area contributed by atoms with Gasteiger partial charge in [0.15, 0.2) is 11.9 Å². The zero-order valence-corrected chi connectivity index (χ0v) is 17.4. The van der Waals surface area contributed by atoms with Crippen LogP contribution in [0.2, 0.25) is 0 Å². The molecule has 3 rings (SSSR count). The van der Waals surface area contributed by atoms with Crippen LogP contribution in [-0.4, -0.2) is 43.0 Å². The highest BCUT2D eigenvalue weighted by atomic mass is 16.6. The van der Waals surface area contributed by atoms with E-state index in [4.69, 9.17) is 9.47 Å². The Morgan fingerprint density at radius 3 is 2.47 bits per heavy atom. The predicted octanol–water partition coefficient (Wildman–Crippen LogP) is 2.01. The van der Waals surface area contributed by atoms with Crippen molar-refractivity contribution in [1.82, 2.24) is 5.43 Å². The number of carbonyl (C=O) groups excluding carboxylic acids is 3. The summed E-state index contributed by atoms with van der Waals surface area (Å²) in [5.74, 6) is -2.37. The first-order valence-corrected chi connectivity index (χ1v) is 9.30. The Labute approximate surface area is 182 Å². The number of hydrogen-bond donors (Lipinski definition) is 1. The molecule has 1 aliphatic rings. The minimum Gasteiger partial charge on any atom is -0.493 e. The van der Waals surface area contributed by atoms with Gasteiger partial charge in [0.2, 0.25) is 5.75 Å². The lowest BCUT2D eigenvalue weighted by molar-refractivity contribution is -0.386. The van der Waals surface area contributed by atoms with Gasteiger partial charge in [-0.2, -0.15) is 0 Å². The normalized spacial score (nSPS) is 15.3. The number of para-hydroxylation sites is 1. The van der Waals surface area contributed by atoms with Gasteiger partial charge in [0.05, 0.1) is 24.8 Å². The van der Waals surface area contributed by atoms with Crippen molar-refractivity contribution in [3.63, 3.8) is 0 Å². The van der Waals surface area contributed by atoms with Crippen LogP contribution in [0.4, 0.5) is 11.4 Å². The van der Waals surface area contributed by atoms with Crippen LogP contribution in [0.1, 0.15) is 12.5 Å². The molecule has 0 saturated carbocycles. The van der Waals surface area contributed by atoms with Crippen molar-refractivity contribution in [2.75, 3.05) is 19.2 Å². The summed E-state index contributed by atoms with van der Waals surface area (Å²) in [5, 5.41) is 12.7. The van der Waals surface area contributed by atoms with Crippen molar-refractivity contribution in [1.29, 1.82) is 0 Å². The molecule has 1 heterocycles. The third kappa shape index (κ3) is 4.36. The quantitative estimate of drug-likeness (QED) is 0.226. The molecule has 0 aromatic heterocycles. The Hall–Kier alpha value is -4.41. The summed E-state index contributed by atoms with van der Waals surface area (Å²) in [4.78, 5) is 47.7. The van der Waals surface area contributed by atoms with E-state index in [9.17, 15) is 24.5 Å². The number of ether oxygens (including phenoxy) is 3. The van der Waals surface area contributed by atoms with Gasteiger partial charge in [0.1, 0.15) is 5.57 Å². The molecule has 2 amide bonds. The molecule has 0 spiro atoms. The summed E-state index contributed by atoms with van der Waals surface area (Å²) in [6.07, 6.45) is 0.0716. The van der Waals surface area contributed by atoms with E-state index < -0.39 is 34.5 Å². The molecule has 32 heavy (non-hydrogen) atoms. The summed E-state index contributed by atoms with van der Waals surface area (Å²) in [6.45, 7) is 1.37. The molecule has 11 heteroatoms. The minimum atomic E-state index is -1.14. The number of anilines is 1. The molecule has 1 aliphatic heterocycles. The molecule has 0 radical (unpaired) electrons. The van der Waals surface area contributed by atoms with E-state index >= 15 is 0 Å². The number of rotatable bonds is 7. The molecule has 1 saturated heterocycles. The SMILES string of the molecule is COC(=O)C(C)Oc1c(OC)cc(C=C2C(=O)NN(c3ccccc3)C2=O)cc1[N+](=O)[O-]. The monoisotopic (exact) mass is 441 g/mol. The van der Waals surface area contributed by atoms with E-state index in [1.165, 1.54) is 26.2 Å². The summed E-state index contributed by atoms with van der Waals surface area (Å²) in [7, 11) is 2.42. The van der Waals surface area contributed by atoms with Crippen molar-refractivity contribution in [2.45, 2.75) is 13.0 Å². The van der Waals surface area contributed by atoms with E-state index in [2.05, 4.69) is 10.2 Å². The maximum atomic E-state index is 12.7. The van der Waals surface area contributed by atoms with Crippen molar-refractivity contribution in [3.05, 3.63) is 63.7 Å². The molecule has 0 bridgehead atoms. The number of esters is 1. The summed E-state index contributed by atoms with van der Waals surface area (Å²) in [6, 6.07) is 10.9. The van der Waals surface area contributed by atoms with E-state index in [0.29, 0.717) is 5.69 Å². The van der Waals surface area contributed by atoms with E-state index in [1.807, 2.05) is 0 Å². The van der Waals surface area contributed by atoms with E-state index in [0.717, 1.165) is 18.2 Å². The number of amides is 2. The molecular formula is C21H19N3O8. The number of nitro groups is 1. The van der Waals surface area contributed by atoms with Crippen LogP contribution in [-0.2, 0) is 19.1 Å². The van der Waals surface area contributed by atoms with Gasteiger partial charge in [-0.25, -0.2) is 9.80 Å². The Bertz CT molecular complexity index is 1110. The lowest BCUT2D eigenvalue weighted by Gasteiger charge is -2.15. The van der Waals surface area contributed by atoms with Crippen LogP contribution in [0.25, 0.3) is 6.08 Å². The van der Waals surface area contributed by atoms with Gasteiger partial charge in [0, 0.05) is 6.07 Å². The van der Waals surface area contributed by atoms with Crippen molar-refractivity contribution >= 4 is 35.2 Å². The Morgan fingerprint density at radius 1 is 1.19 bits per heavy atom. The summed E-state index contributed by atoms with van der Waals surface area (Å²) < 4.78 is 15.2. The molecule has 1 unspecified atom stereocenters. The third-order valence-electron chi connectivity index (χ3n) is 4.52. The smallest absolute Gasteiger partial charge is 0.346 e. The summed E-state index contributed by atoms with van der Waals surface area (Å²) >= 11 is 0. The van der Waals surface area contributed by atoms with Gasteiger partial charge in [-0.05, 0) is 36.8 Å². The lowest BCUT2D eigenvalue weighted by Crippen LogP contribution is -2.35. The number of carbonyl (C=O) groups is 3. The zero-order valence-electron chi connectivity index (χ0n) is 17.4. The summed E-state index contributed by atoms with van der Waals surface area (Å²) in [5.41, 5.74) is 2.32. The molecule has 0 aliphatic carbocycles. The lowest BCUT2D eigenvalue weighted by atomic mass is 10.1. The largest absolute Gasteiger partial charge is 0.493 e. The number of hydrazine groups is 1. The van der Waals surface area contributed by atoms with Gasteiger partial charge in [-0.1, -0.05) is 18.2 Å². The average Bonchev–Trinajstić information content (AvgIpc) is 3.07. The van der Waals surface area contributed by atoms with Gasteiger partial charge < -0.3 is 14.2 Å². The fourth-order valence-corrected chi connectivity index (χ4v) is 2.97. The van der Waals surface area contributed by atoms with E-state index in [1.54, 1.807) is 30.3 Å². The molecule has 2 aromatic carbocycles. The number of nitrogens with zero attached hydrogens (tertiary/aromatic N) is 2. The molecule has 1 N–H and O–H groups in total. The highest BCUT2D eigenvalue weighted by Gasteiger charge is 2.35. The topological polar surface area (TPSA) is 137 Å². The highest BCUT2D eigenvalue weighted by molar-refractivity contribution is 6.31. The number of benzene rings is 2. The first-order chi connectivity index (χ1) is 15.3. The van der Waals surface area contributed by atoms with Crippen LogP contribution in [0.3, 0.4) is 0 Å². The first kappa shape index (κ1) is 22.3. The number of nitrogens with one attached hydrogen (secondary N) is 1. The second-order valence-electron chi connectivity index (χ2n) is 6.59. The van der Waals surface area contributed by atoms with Crippen molar-refractivity contribution < 1.29 is 33.5 Å². The number of methoxy groups -OCH3 is 2. The minimum absolute atomic E-state index is 0.0624. The van der Waals surface area contributed by atoms with E-state index in [-0.39, 0.29) is 22.6 Å². The molecule has 1 fully saturated rings. The highest BCUT2D eigenvalue weighted by Crippen LogP contribution is 2.40. The molecule has 1 atom stereocenters. The van der Waals surface area contributed by atoms with Crippen LogP contribution >= 0.6 is 0 Å². The standard InChI is InChI=1S/C21H19N3O8/c1-12(21(27)31-3)32-18-16(24(28)29)10-13(11-17(18)30-2)9-15-19(25)22-23(20(15)26)14-7-5-4-6-8-14/h4-12H,1-3H3,(H,22,25).